The summed E-state index contributed by atoms with van der Waals surface area (Å²) < 4.78 is 0. The SMILES string of the molecule is CN1CCN(C(CN)c2cccc3ccccc23)CC1. The summed E-state index contributed by atoms with van der Waals surface area (Å²) in [5.74, 6) is 0. The largest absolute Gasteiger partial charge is 0.329 e. The Morgan fingerprint density at radius 1 is 1.00 bits per heavy atom. The van der Waals surface area contributed by atoms with Gasteiger partial charge in [-0.1, -0.05) is 42.5 Å². The van der Waals surface area contributed by atoms with Crippen LogP contribution in [-0.2, 0) is 0 Å². The van der Waals surface area contributed by atoms with Gasteiger partial charge in [-0.05, 0) is 23.4 Å². The van der Waals surface area contributed by atoms with Gasteiger partial charge in [0, 0.05) is 38.8 Å². The Morgan fingerprint density at radius 2 is 1.70 bits per heavy atom. The average molecular weight is 269 g/mol. The Kier molecular flexibility index (Phi) is 4.01. The molecule has 2 N–H and O–H groups in total. The summed E-state index contributed by atoms with van der Waals surface area (Å²) in [4.78, 5) is 4.91. The van der Waals surface area contributed by atoms with Gasteiger partial charge in [0.1, 0.15) is 0 Å². The molecule has 1 saturated heterocycles. The van der Waals surface area contributed by atoms with E-state index >= 15 is 0 Å². The number of likely N-dealkylation sites (N-methyl/N-ethyl adjacent to an activating group) is 1. The molecule has 0 amide bonds. The van der Waals surface area contributed by atoms with Crippen LogP contribution in [0.25, 0.3) is 10.8 Å². The standard InChI is InChI=1S/C17H23N3/c1-19-9-11-20(12-10-19)17(13-18)16-8-4-6-14-5-2-3-7-15(14)16/h2-8,17H,9-13,18H2,1H3. The molecular formula is C17H23N3. The molecule has 106 valence electrons. The fraction of sp³-hybridized carbons (Fsp3) is 0.412. The first-order valence-corrected chi connectivity index (χ1v) is 7.40. The van der Waals surface area contributed by atoms with Gasteiger partial charge in [-0.25, -0.2) is 0 Å². The number of nitrogens with two attached hydrogens (primary N) is 1. The van der Waals surface area contributed by atoms with Crippen LogP contribution in [0.1, 0.15) is 11.6 Å². The lowest BCUT2D eigenvalue weighted by molar-refractivity contribution is 0.115. The van der Waals surface area contributed by atoms with E-state index in [1.165, 1.54) is 16.3 Å². The van der Waals surface area contributed by atoms with Crippen molar-refractivity contribution in [1.82, 2.24) is 9.80 Å². The first-order chi connectivity index (χ1) is 9.79. The van der Waals surface area contributed by atoms with Gasteiger partial charge in [-0.3, -0.25) is 4.90 Å². The van der Waals surface area contributed by atoms with Crippen molar-refractivity contribution in [2.24, 2.45) is 5.73 Å². The molecule has 3 nitrogen and oxygen atoms in total. The van der Waals surface area contributed by atoms with E-state index in [1.807, 2.05) is 0 Å². The predicted molar refractivity (Wildman–Crippen MR) is 84.8 cm³/mol. The Balaban J connectivity index is 1.95. The van der Waals surface area contributed by atoms with Crippen molar-refractivity contribution in [1.29, 1.82) is 0 Å². The molecule has 0 spiro atoms. The maximum absolute atomic E-state index is 6.11. The number of rotatable bonds is 3. The van der Waals surface area contributed by atoms with Gasteiger partial charge in [-0.15, -0.1) is 0 Å². The van der Waals surface area contributed by atoms with Gasteiger partial charge in [0.2, 0.25) is 0 Å². The molecule has 1 fully saturated rings. The first-order valence-electron chi connectivity index (χ1n) is 7.40. The van der Waals surface area contributed by atoms with Gasteiger partial charge in [0.15, 0.2) is 0 Å². The van der Waals surface area contributed by atoms with E-state index in [0.717, 1.165) is 26.2 Å². The highest BCUT2D eigenvalue weighted by Gasteiger charge is 2.23. The van der Waals surface area contributed by atoms with E-state index in [9.17, 15) is 0 Å². The number of benzene rings is 2. The van der Waals surface area contributed by atoms with Gasteiger partial charge in [-0.2, -0.15) is 0 Å². The minimum atomic E-state index is 0.329. The van der Waals surface area contributed by atoms with Crippen molar-refractivity contribution in [3.8, 4) is 0 Å². The van der Waals surface area contributed by atoms with Crippen molar-refractivity contribution < 1.29 is 0 Å². The normalized spacial score (nSPS) is 19.3. The molecule has 0 saturated carbocycles. The summed E-state index contributed by atoms with van der Waals surface area (Å²) >= 11 is 0. The smallest absolute Gasteiger partial charge is 0.0477 e. The van der Waals surface area contributed by atoms with E-state index < -0.39 is 0 Å². The van der Waals surface area contributed by atoms with Crippen molar-refractivity contribution in [3.63, 3.8) is 0 Å². The van der Waals surface area contributed by atoms with Gasteiger partial charge in [0.25, 0.3) is 0 Å². The van der Waals surface area contributed by atoms with Crippen LogP contribution in [0.15, 0.2) is 42.5 Å². The van der Waals surface area contributed by atoms with Gasteiger partial charge < -0.3 is 10.6 Å². The lowest BCUT2D eigenvalue weighted by Gasteiger charge is -2.38. The van der Waals surface area contributed by atoms with E-state index in [1.54, 1.807) is 0 Å². The van der Waals surface area contributed by atoms with E-state index in [0.29, 0.717) is 12.6 Å². The molecule has 1 unspecified atom stereocenters. The van der Waals surface area contributed by atoms with Crippen LogP contribution in [0, 0.1) is 0 Å². The fourth-order valence-electron chi connectivity index (χ4n) is 3.15. The molecule has 0 aromatic heterocycles. The molecule has 3 rings (SSSR count). The number of fused-ring (bicyclic) bond motifs is 1. The van der Waals surface area contributed by atoms with Crippen LogP contribution in [0.2, 0.25) is 0 Å². The van der Waals surface area contributed by atoms with Crippen molar-refractivity contribution in [2.45, 2.75) is 6.04 Å². The zero-order valence-corrected chi connectivity index (χ0v) is 12.1. The summed E-state index contributed by atoms with van der Waals surface area (Å²) in [6.07, 6.45) is 0. The van der Waals surface area contributed by atoms with E-state index in [4.69, 9.17) is 5.73 Å². The maximum Gasteiger partial charge on any atom is 0.0477 e. The molecule has 1 atom stereocenters. The molecule has 0 radical (unpaired) electrons. The Morgan fingerprint density at radius 3 is 2.45 bits per heavy atom. The molecular weight excluding hydrogens is 246 g/mol. The van der Waals surface area contributed by atoms with Crippen LogP contribution in [0.5, 0.6) is 0 Å². The molecule has 1 aliphatic heterocycles. The minimum absolute atomic E-state index is 0.329. The first kappa shape index (κ1) is 13.6. The molecule has 3 heteroatoms. The van der Waals surface area contributed by atoms with Crippen LogP contribution < -0.4 is 5.73 Å². The average Bonchev–Trinajstić information content (AvgIpc) is 2.50. The third kappa shape index (κ3) is 2.57. The lowest BCUT2D eigenvalue weighted by Crippen LogP contribution is -2.47. The van der Waals surface area contributed by atoms with Crippen LogP contribution >= 0.6 is 0 Å². The molecule has 2 aromatic carbocycles. The Bertz CT molecular complexity index is 568. The summed E-state index contributed by atoms with van der Waals surface area (Å²) in [6, 6.07) is 15.5. The summed E-state index contributed by atoms with van der Waals surface area (Å²) in [5.41, 5.74) is 7.48. The Labute approximate surface area is 121 Å². The summed E-state index contributed by atoms with van der Waals surface area (Å²) in [7, 11) is 2.19. The second-order valence-corrected chi connectivity index (χ2v) is 5.66. The number of nitrogens with zero attached hydrogens (tertiary/aromatic N) is 2. The van der Waals surface area contributed by atoms with Crippen molar-refractivity contribution in [3.05, 3.63) is 48.0 Å². The number of hydrogen-bond acceptors (Lipinski definition) is 3. The number of hydrogen-bond donors (Lipinski definition) is 1. The molecule has 2 aromatic rings. The third-order valence-electron chi connectivity index (χ3n) is 4.38. The molecule has 20 heavy (non-hydrogen) atoms. The molecule has 1 aliphatic rings. The quantitative estimate of drug-likeness (QED) is 0.926. The van der Waals surface area contributed by atoms with E-state index in [2.05, 4.69) is 59.3 Å². The topological polar surface area (TPSA) is 32.5 Å². The van der Waals surface area contributed by atoms with Crippen molar-refractivity contribution in [2.75, 3.05) is 39.8 Å². The zero-order chi connectivity index (χ0) is 13.9. The predicted octanol–water partition coefficient (Wildman–Crippen LogP) is 2.09. The van der Waals surface area contributed by atoms with Gasteiger partial charge in [0.05, 0.1) is 0 Å². The lowest BCUT2D eigenvalue weighted by atomic mass is 9.97. The fourth-order valence-corrected chi connectivity index (χ4v) is 3.15. The maximum atomic E-state index is 6.11. The minimum Gasteiger partial charge on any atom is -0.329 e. The second kappa shape index (κ2) is 5.92. The van der Waals surface area contributed by atoms with Crippen LogP contribution in [-0.4, -0.2) is 49.6 Å². The highest BCUT2D eigenvalue weighted by molar-refractivity contribution is 5.86. The summed E-state index contributed by atoms with van der Waals surface area (Å²) in [5, 5.41) is 2.64. The monoisotopic (exact) mass is 269 g/mol. The second-order valence-electron chi connectivity index (χ2n) is 5.66. The zero-order valence-electron chi connectivity index (χ0n) is 12.1. The summed E-state index contributed by atoms with van der Waals surface area (Å²) in [6.45, 7) is 5.13. The molecule has 0 aliphatic carbocycles. The van der Waals surface area contributed by atoms with Crippen LogP contribution in [0.3, 0.4) is 0 Å². The molecule has 0 bridgehead atoms. The van der Waals surface area contributed by atoms with Crippen molar-refractivity contribution >= 4 is 10.8 Å². The highest BCUT2D eigenvalue weighted by Crippen LogP contribution is 2.28. The van der Waals surface area contributed by atoms with E-state index in [-0.39, 0.29) is 0 Å². The molecule has 1 heterocycles. The number of piperazine rings is 1. The van der Waals surface area contributed by atoms with Crippen LogP contribution in [0.4, 0.5) is 0 Å². The Hall–Kier alpha value is -1.42. The highest BCUT2D eigenvalue weighted by atomic mass is 15.3. The third-order valence-corrected chi connectivity index (χ3v) is 4.38. The van der Waals surface area contributed by atoms with Gasteiger partial charge >= 0.3 is 0 Å².